The molecule has 16 nitrogen and oxygen atoms in total. The molecule has 4 N–H and O–H groups in total. The predicted molar refractivity (Wildman–Crippen MR) is 381 cm³/mol. The van der Waals surface area contributed by atoms with Gasteiger partial charge in [-0.25, -0.2) is 9.13 Å². The number of phosphoric ester groups is 2. The minimum atomic E-state index is -4.92. The van der Waals surface area contributed by atoms with Gasteiger partial charge in [0.05, 0.1) is 26.4 Å². The van der Waals surface area contributed by atoms with Crippen LogP contribution >= 0.6 is 15.6 Å². The maximum Gasteiger partial charge on any atom is 0.472 e. The van der Waals surface area contributed by atoms with Crippen molar-refractivity contribution in [3.63, 3.8) is 0 Å². The van der Waals surface area contributed by atoms with Crippen LogP contribution < -0.4 is 0 Å². The zero-order chi connectivity index (χ0) is 68.1. The van der Waals surface area contributed by atoms with Crippen molar-refractivity contribution >= 4 is 33.6 Å². The molecule has 0 radical (unpaired) electrons. The molecule has 5 unspecified atom stereocenters. The Labute approximate surface area is 565 Å². The monoisotopic (exact) mass is 1350 g/mol. The Bertz CT molecular complexity index is 2080. The van der Waals surface area contributed by atoms with E-state index in [2.05, 4.69) is 118 Å². The van der Waals surface area contributed by atoms with Crippen LogP contribution in [-0.4, -0.2) is 95.9 Å². The third kappa shape index (κ3) is 69.6. The predicted octanol–water partition coefficient (Wildman–Crippen LogP) is 20.6. The lowest BCUT2D eigenvalue weighted by molar-refractivity contribution is -0.161. The van der Waals surface area contributed by atoms with Gasteiger partial charge in [0, 0.05) is 19.3 Å². The first-order valence-corrected chi connectivity index (χ1v) is 39.5. The molecule has 0 aromatic rings. The number of carbonyl (C=O) groups is 3. The van der Waals surface area contributed by atoms with Gasteiger partial charge in [0.15, 0.2) is 6.10 Å². The summed E-state index contributed by atoms with van der Waals surface area (Å²) in [5.41, 5.74) is 0. The molecule has 0 aromatic carbocycles. The molecule has 0 heterocycles. The number of esters is 3. The highest BCUT2D eigenvalue weighted by Gasteiger charge is 2.29. The maximum atomic E-state index is 12.9. The molecule has 0 aromatic heterocycles. The summed E-state index contributed by atoms with van der Waals surface area (Å²) in [4.78, 5) is 58.4. The highest BCUT2D eigenvalue weighted by Crippen LogP contribution is 2.45. The Morgan fingerprint density at radius 3 is 0.925 bits per heavy atom. The number of aliphatic hydroxyl groups excluding tert-OH is 2. The average molecular weight is 1350 g/mol. The fourth-order valence-electron chi connectivity index (χ4n) is 9.72. The maximum absolute atomic E-state index is 12.9. The van der Waals surface area contributed by atoms with Gasteiger partial charge in [0.25, 0.3) is 0 Å². The van der Waals surface area contributed by atoms with E-state index in [0.29, 0.717) is 19.3 Å². The van der Waals surface area contributed by atoms with Crippen LogP contribution in [0.15, 0.2) is 97.2 Å². The number of phosphoric acid groups is 2. The molecule has 18 heteroatoms. The summed E-state index contributed by atoms with van der Waals surface area (Å²) in [5, 5.41) is 20.6. The first-order valence-electron chi connectivity index (χ1n) is 36.5. The van der Waals surface area contributed by atoms with Crippen molar-refractivity contribution in [2.24, 2.45) is 0 Å². The summed E-state index contributed by atoms with van der Waals surface area (Å²) < 4.78 is 61.0. The van der Waals surface area contributed by atoms with Gasteiger partial charge in [-0.1, -0.05) is 279 Å². The molecule has 0 fully saturated rings. The second-order valence-electron chi connectivity index (χ2n) is 24.4. The second kappa shape index (κ2) is 68.4. The third-order valence-corrected chi connectivity index (χ3v) is 17.2. The van der Waals surface area contributed by atoms with Crippen LogP contribution in [0.5, 0.6) is 0 Å². The molecular formula is C75H132O16P2. The lowest BCUT2D eigenvalue weighted by Crippen LogP contribution is -2.30. The van der Waals surface area contributed by atoms with Crippen molar-refractivity contribution in [2.45, 2.75) is 322 Å². The minimum Gasteiger partial charge on any atom is -0.463 e. The quantitative estimate of drug-likeness (QED) is 0.0146. The highest BCUT2D eigenvalue weighted by atomic mass is 31.2. The van der Waals surface area contributed by atoms with E-state index < -0.39 is 91.5 Å². The first-order chi connectivity index (χ1) is 45.2. The van der Waals surface area contributed by atoms with E-state index in [0.717, 1.165) is 141 Å². The lowest BCUT2D eigenvalue weighted by atomic mass is 10.0. The van der Waals surface area contributed by atoms with E-state index in [4.69, 9.17) is 32.3 Å². The van der Waals surface area contributed by atoms with Crippen LogP contribution in [0.4, 0.5) is 0 Å². The second-order valence-corrected chi connectivity index (χ2v) is 27.3. The molecule has 0 aliphatic rings. The SMILES string of the molecule is CC/C=C\C/C=C\C/C=C\C/C=C\C/C=C\C/C=C\CCCCCCCCCCC(=O)OCC(O)COP(=O)(O)OCC(O)COP(=O)(O)OCC(COC(=O)CCCCCCC/C=C\C/C=C\CCCCC)OC(=O)CCCCCCCCCCCCCCCCC. The van der Waals surface area contributed by atoms with Crippen molar-refractivity contribution in [3.05, 3.63) is 97.2 Å². The Balaban J connectivity index is 4.54. The smallest absolute Gasteiger partial charge is 0.463 e. The molecule has 538 valence electrons. The number of allylic oxidation sites excluding steroid dienone is 16. The summed E-state index contributed by atoms with van der Waals surface area (Å²) in [6.45, 7) is 2.53. The van der Waals surface area contributed by atoms with Crippen molar-refractivity contribution in [3.8, 4) is 0 Å². The van der Waals surface area contributed by atoms with Crippen molar-refractivity contribution < 1.29 is 75.8 Å². The van der Waals surface area contributed by atoms with Crippen LogP contribution in [0, 0.1) is 0 Å². The zero-order valence-electron chi connectivity index (χ0n) is 58.4. The Morgan fingerprint density at radius 2 is 0.570 bits per heavy atom. The van der Waals surface area contributed by atoms with Crippen molar-refractivity contribution in [1.82, 2.24) is 0 Å². The highest BCUT2D eigenvalue weighted by molar-refractivity contribution is 7.47. The van der Waals surface area contributed by atoms with Crippen LogP contribution in [-0.2, 0) is 55.8 Å². The number of unbranched alkanes of at least 4 members (excludes halogenated alkanes) is 30. The van der Waals surface area contributed by atoms with Crippen molar-refractivity contribution in [2.75, 3.05) is 39.6 Å². The van der Waals surface area contributed by atoms with E-state index in [1.807, 2.05) is 0 Å². The molecule has 93 heavy (non-hydrogen) atoms. The van der Waals surface area contributed by atoms with Gasteiger partial charge in [0.1, 0.15) is 25.4 Å². The Morgan fingerprint density at radius 1 is 0.312 bits per heavy atom. The summed E-state index contributed by atoms with van der Waals surface area (Å²) >= 11 is 0. The van der Waals surface area contributed by atoms with Gasteiger partial charge in [-0.15, -0.1) is 0 Å². The summed E-state index contributed by atoms with van der Waals surface area (Å²) in [6.07, 6.45) is 75.9. The van der Waals surface area contributed by atoms with E-state index in [9.17, 15) is 43.5 Å². The van der Waals surface area contributed by atoms with Crippen LogP contribution in [0.3, 0.4) is 0 Å². The van der Waals surface area contributed by atoms with E-state index >= 15 is 0 Å². The van der Waals surface area contributed by atoms with E-state index in [1.54, 1.807) is 0 Å². The largest absolute Gasteiger partial charge is 0.472 e. The molecule has 5 atom stereocenters. The van der Waals surface area contributed by atoms with Crippen LogP contribution in [0.1, 0.15) is 303 Å². The van der Waals surface area contributed by atoms with E-state index in [-0.39, 0.29) is 19.3 Å². The molecule has 0 aliphatic carbocycles. The third-order valence-electron chi connectivity index (χ3n) is 15.3. The van der Waals surface area contributed by atoms with Crippen molar-refractivity contribution in [1.29, 1.82) is 0 Å². The summed E-state index contributed by atoms with van der Waals surface area (Å²) in [6, 6.07) is 0. The van der Waals surface area contributed by atoms with Gasteiger partial charge in [-0.05, 0) is 103 Å². The Kier molecular flexibility index (Phi) is 65.8. The van der Waals surface area contributed by atoms with E-state index in [1.165, 1.54) is 103 Å². The molecule has 0 spiro atoms. The molecular weight excluding hydrogens is 1220 g/mol. The van der Waals surface area contributed by atoms with Gasteiger partial charge in [0.2, 0.25) is 0 Å². The minimum absolute atomic E-state index is 0.105. The molecule has 0 rings (SSSR count). The Hall–Kier alpha value is -3.53. The fourth-order valence-corrected chi connectivity index (χ4v) is 11.3. The average Bonchev–Trinajstić information content (AvgIpc) is 3.71. The molecule has 0 aliphatic heterocycles. The number of carbonyl (C=O) groups excluding carboxylic acids is 3. The van der Waals surface area contributed by atoms with Gasteiger partial charge in [-0.2, -0.15) is 0 Å². The van der Waals surface area contributed by atoms with Crippen LogP contribution in [0.25, 0.3) is 0 Å². The van der Waals surface area contributed by atoms with Crippen LogP contribution in [0.2, 0.25) is 0 Å². The summed E-state index contributed by atoms with van der Waals surface area (Å²) in [5.74, 6) is -1.59. The number of hydrogen-bond donors (Lipinski definition) is 4. The molecule has 0 saturated heterocycles. The lowest BCUT2D eigenvalue weighted by Gasteiger charge is -2.21. The molecule has 0 amide bonds. The van der Waals surface area contributed by atoms with Gasteiger partial charge >= 0.3 is 33.6 Å². The number of rotatable bonds is 69. The normalized spacial score (nSPS) is 14.7. The first kappa shape index (κ1) is 89.5. The fraction of sp³-hybridized carbons (Fsp3) is 0.747. The number of ether oxygens (including phenoxy) is 3. The molecule has 0 bridgehead atoms. The number of aliphatic hydroxyl groups is 2. The standard InChI is InChI=1S/C75H132O16P2/c1-4-7-10-13-16-19-22-25-28-29-30-31-32-33-34-35-36-37-38-39-42-44-46-49-52-55-58-61-73(78)85-64-70(76)65-87-92(81,82)88-66-71(77)67-89-93(83,84)90-69-72(91-75(80)63-60-57-54-51-48-45-41-27-24-21-18-15-12-9-6-3)68-86-74(79)62-59-56-53-50-47-43-40-26-23-20-17-14-11-8-5-2/h7,10,16-17,19-20,25-26,28,30-31,33-34,36-37,40,70-72,76-77H,4-6,8-9,11-15,18,21-24,27,29,32,35,38-39,41-69H2,1-3H3,(H,81,82)(H,83,84)/b10-7-,19-16-,20-17-,28-25-,31-30-,34-33-,37-36-,40-26-. The topological polar surface area (TPSA) is 231 Å². The summed E-state index contributed by atoms with van der Waals surface area (Å²) in [7, 11) is -9.78. The number of hydrogen-bond acceptors (Lipinski definition) is 14. The zero-order valence-corrected chi connectivity index (χ0v) is 60.2. The van der Waals surface area contributed by atoms with Gasteiger partial charge in [-0.3, -0.25) is 32.5 Å². The molecule has 0 saturated carbocycles. The van der Waals surface area contributed by atoms with Gasteiger partial charge < -0.3 is 34.2 Å².